The third-order valence-electron chi connectivity index (χ3n) is 1.88. The third-order valence-corrected chi connectivity index (χ3v) is 1.88. The van der Waals surface area contributed by atoms with E-state index in [0.29, 0.717) is 6.42 Å². The summed E-state index contributed by atoms with van der Waals surface area (Å²) in [6, 6.07) is -0.856. The Morgan fingerprint density at radius 2 is 2.54 bits per heavy atom. The lowest BCUT2D eigenvalue weighted by Gasteiger charge is -2.05. The summed E-state index contributed by atoms with van der Waals surface area (Å²) in [5, 5.41) is 8.59. The lowest BCUT2D eigenvalue weighted by atomic mass is 10.1. The van der Waals surface area contributed by atoms with E-state index in [9.17, 15) is 4.79 Å². The first-order valence-electron chi connectivity index (χ1n) is 4.14. The largest absolute Gasteiger partial charge is 0.480 e. The van der Waals surface area contributed by atoms with Crippen LogP contribution < -0.4 is 5.73 Å². The molecular weight excluding hydrogens is 170 g/mol. The van der Waals surface area contributed by atoms with E-state index < -0.39 is 12.0 Å². The zero-order valence-electron chi connectivity index (χ0n) is 7.45. The molecule has 0 amide bonds. The highest BCUT2D eigenvalue weighted by molar-refractivity contribution is 5.73. The van der Waals surface area contributed by atoms with Crippen LogP contribution in [-0.4, -0.2) is 27.1 Å². The quantitative estimate of drug-likeness (QED) is 0.609. The number of aromatic nitrogens is 2. The van der Waals surface area contributed by atoms with Gasteiger partial charge in [0.25, 0.3) is 0 Å². The second kappa shape index (κ2) is 4.04. The van der Waals surface area contributed by atoms with E-state index in [4.69, 9.17) is 10.8 Å². The van der Waals surface area contributed by atoms with Crippen LogP contribution in [-0.2, 0) is 17.6 Å². The number of carbonyl (C=O) groups is 1. The van der Waals surface area contributed by atoms with Gasteiger partial charge in [-0.25, -0.2) is 4.98 Å². The van der Waals surface area contributed by atoms with Gasteiger partial charge in [-0.3, -0.25) is 4.79 Å². The molecule has 1 heterocycles. The molecule has 4 N–H and O–H groups in total. The Kier molecular flexibility index (Phi) is 3.02. The molecule has 0 aliphatic rings. The van der Waals surface area contributed by atoms with Gasteiger partial charge < -0.3 is 15.8 Å². The Bertz CT molecular complexity index is 295. The molecule has 0 aromatic carbocycles. The number of aliphatic carboxylic acids is 1. The van der Waals surface area contributed by atoms with E-state index in [0.717, 1.165) is 17.8 Å². The van der Waals surface area contributed by atoms with E-state index >= 15 is 0 Å². The maximum atomic E-state index is 10.5. The van der Waals surface area contributed by atoms with Gasteiger partial charge in [0, 0.05) is 12.1 Å². The summed E-state index contributed by atoms with van der Waals surface area (Å²) >= 11 is 0. The first kappa shape index (κ1) is 9.73. The lowest BCUT2D eigenvalue weighted by Crippen LogP contribution is -2.32. The van der Waals surface area contributed by atoms with Crippen LogP contribution in [0.5, 0.6) is 0 Å². The van der Waals surface area contributed by atoms with Crippen LogP contribution in [0, 0.1) is 0 Å². The predicted octanol–water partition coefficient (Wildman–Crippen LogP) is -0.0735. The number of H-pyrrole nitrogens is 1. The molecule has 0 radical (unpaired) electrons. The maximum Gasteiger partial charge on any atom is 0.320 e. The summed E-state index contributed by atoms with van der Waals surface area (Å²) in [6.45, 7) is 1.96. The molecule has 0 unspecified atom stereocenters. The molecule has 0 aliphatic heterocycles. The molecule has 5 nitrogen and oxygen atoms in total. The van der Waals surface area contributed by atoms with E-state index in [2.05, 4.69) is 9.97 Å². The molecule has 13 heavy (non-hydrogen) atoms. The Morgan fingerprint density at radius 3 is 3.08 bits per heavy atom. The van der Waals surface area contributed by atoms with E-state index in [1.807, 2.05) is 6.92 Å². The van der Waals surface area contributed by atoms with Crippen LogP contribution >= 0.6 is 0 Å². The highest BCUT2D eigenvalue weighted by Gasteiger charge is 2.14. The first-order chi connectivity index (χ1) is 6.15. The minimum atomic E-state index is -0.989. The van der Waals surface area contributed by atoms with Crippen LogP contribution in [0.25, 0.3) is 0 Å². The van der Waals surface area contributed by atoms with Gasteiger partial charge in [-0.1, -0.05) is 6.92 Å². The van der Waals surface area contributed by atoms with E-state index in [-0.39, 0.29) is 0 Å². The second-order valence-corrected chi connectivity index (χ2v) is 2.83. The average Bonchev–Trinajstić information content (AvgIpc) is 2.51. The van der Waals surface area contributed by atoms with Crippen LogP contribution in [0.4, 0.5) is 0 Å². The number of carboxylic acid groups (broad SMARTS) is 1. The molecule has 0 saturated carbocycles. The Hall–Kier alpha value is -1.36. The predicted molar refractivity (Wildman–Crippen MR) is 47.3 cm³/mol. The molecule has 0 spiro atoms. The molecule has 0 saturated heterocycles. The van der Waals surface area contributed by atoms with Crippen molar-refractivity contribution in [3.05, 3.63) is 17.7 Å². The van der Waals surface area contributed by atoms with Crippen molar-refractivity contribution in [3.8, 4) is 0 Å². The Labute approximate surface area is 76.0 Å². The topological polar surface area (TPSA) is 92.0 Å². The summed E-state index contributed by atoms with van der Waals surface area (Å²) in [5.74, 6) is -0.989. The van der Waals surface area contributed by atoms with Crippen LogP contribution in [0.15, 0.2) is 6.33 Å². The van der Waals surface area contributed by atoms with Gasteiger partial charge in [0.05, 0.1) is 12.0 Å². The van der Waals surface area contributed by atoms with Crippen molar-refractivity contribution in [2.45, 2.75) is 25.8 Å². The number of aryl methyl sites for hydroxylation is 1. The molecule has 1 rings (SSSR count). The molecule has 0 aliphatic carbocycles. The third kappa shape index (κ3) is 2.29. The number of rotatable bonds is 4. The van der Waals surface area contributed by atoms with Crippen molar-refractivity contribution in [2.75, 3.05) is 0 Å². The summed E-state index contributed by atoms with van der Waals surface area (Å²) in [6.07, 6.45) is 2.65. The summed E-state index contributed by atoms with van der Waals surface area (Å²) in [4.78, 5) is 17.4. The second-order valence-electron chi connectivity index (χ2n) is 2.83. The summed E-state index contributed by atoms with van der Waals surface area (Å²) < 4.78 is 0. The fourth-order valence-electron chi connectivity index (χ4n) is 1.14. The number of hydrogen-bond acceptors (Lipinski definition) is 3. The van der Waals surface area contributed by atoms with Gasteiger partial charge in [-0.05, 0) is 6.42 Å². The molecule has 1 aromatic rings. The van der Waals surface area contributed by atoms with E-state index in [1.54, 1.807) is 6.33 Å². The zero-order chi connectivity index (χ0) is 9.84. The van der Waals surface area contributed by atoms with Gasteiger partial charge in [-0.15, -0.1) is 0 Å². The zero-order valence-corrected chi connectivity index (χ0v) is 7.45. The fourth-order valence-corrected chi connectivity index (χ4v) is 1.14. The SMILES string of the molecule is CCc1nc[nH]c1C[C@H](N)C(=O)O. The van der Waals surface area contributed by atoms with Gasteiger partial charge in [0.1, 0.15) is 6.04 Å². The number of nitrogens with zero attached hydrogens (tertiary/aromatic N) is 1. The maximum absolute atomic E-state index is 10.5. The number of imidazole rings is 1. The van der Waals surface area contributed by atoms with Gasteiger partial charge in [0.15, 0.2) is 0 Å². The Morgan fingerprint density at radius 1 is 1.85 bits per heavy atom. The molecule has 0 bridgehead atoms. The standard InChI is InChI=1S/C8H13N3O2/c1-2-6-7(11-4-10-6)3-5(9)8(12)13/h4-5H,2-3,9H2,1H3,(H,10,11)(H,12,13)/t5-/m0/s1. The van der Waals surface area contributed by atoms with Crippen molar-refractivity contribution in [1.29, 1.82) is 0 Å². The molecule has 0 fully saturated rings. The molecule has 1 aromatic heterocycles. The summed E-state index contributed by atoms with van der Waals surface area (Å²) in [5.41, 5.74) is 7.09. The van der Waals surface area contributed by atoms with Crippen LogP contribution in [0.2, 0.25) is 0 Å². The Balaban J connectivity index is 2.68. The van der Waals surface area contributed by atoms with Crippen molar-refractivity contribution in [1.82, 2.24) is 9.97 Å². The van der Waals surface area contributed by atoms with Crippen molar-refractivity contribution < 1.29 is 9.90 Å². The van der Waals surface area contributed by atoms with Gasteiger partial charge in [0.2, 0.25) is 0 Å². The average molecular weight is 183 g/mol. The van der Waals surface area contributed by atoms with Gasteiger partial charge >= 0.3 is 5.97 Å². The van der Waals surface area contributed by atoms with E-state index in [1.165, 1.54) is 0 Å². The lowest BCUT2D eigenvalue weighted by molar-refractivity contribution is -0.138. The van der Waals surface area contributed by atoms with Crippen molar-refractivity contribution >= 4 is 5.97 Å². The minimum Gasteiger partial charge on any atom is -0.480 e. The number of nitrogens with two attached hydrogens (primary N) is 1. The monoisotopic (exact) mass is 183 g/mol. The number of aromatic amines is 1. The van der Waals surface area contributed by atoms with Crippen LogP contribution in [0.3, 0.4) is 0 Å². The number of carboxylic acids is 1. The smallest absolute Gasteiger partial charge is 0.320 e. The summed E-state index contributed by atoms with van der Waals surface area (Å²) in [7, 11) is 0. The highest BCUT2D eigenvalue weighted by Crippen LogP contribution is 2.05. The molecular formula is C8H13N3O2. The molecule has 72 valence electrons. The minimum absolute atomic E-state index is 0.304. The normalized spacial score (nSPS) is 12.8. The highest BCUT2D eigenvalue weighted by atomic mass is 16.4. The first-order valence-corrected chi connectivity index (χ1v) is 4.14. The van der Waals surface area contributed by atoms with Crippen LogP contribution in [0.1, 0.15) is 18.3 Å². The molecule has 1 atom stereocenters. The number of hydrogen-bond donors (Lipinski definition) is 3. The number of nitrogens with one attached hydrogen (secondary N) is 1. The van der Waals surface area contributed by atoms with Gasteiger partial charge in [-0.2, -0.15) is 0 Å². The van der Waals surface area contributed by atoms with Crippen molar-refractivity contribution in [3.63, 3.8) is 0 Å². The molecule has 5 heteroatoms. The van der Waals surface area contributed by atoms with Crippen molar-refractivity contribution in [2.24, 2.45) is 5.73 Å². The fraction of sp³-hybridized carbons (Fsp3) is 0.500.